The lowest BCUT2D eigenvalue weighted by Crippen LogP contribution is -2.28. The van der Waals surface area contributed by atoms with Crippen molar-refractivity contribution in [2.45, 2.75) is 13.0 Å². The van der Waals surface area contributed by atoms with E-state index in [0.29, 0.717) is 24.7 Å². The van der Waals surface area contributed by atoms with E-state index in [-0.39, 0.29) is 24.2 Å². The molecule has 7 heteroatoms. The maximum atomic E-state index is 12.5. The van der Waals surface area contributed by atoms with Gasteiger partial charge in [0, 0.05) is 18.4 Å². The number of benzene rings is 1. The van der Waals surface area contributed by atoms with E-state index in [2.05, 4.69) is 15.5 Å². The van der Waals surface area contributed by atoms with Crippen LogP contribution >= 0.6 is 0 Å². The van der Waals surface area contributed by atoms with Gasteiger partial charge >= 0.3 is 0 Å². The molecule has 24 heavy (non-hydrogen) atoms. The third-order valence-corrected chi connectivity index (χ3v) is 4.22. The predicted molar refractivity (Wildman–Crippen MR) is 87.0 cm³/mol. The maximum absolute atomic E-state index is 12.5. The second-order valence-electron chi connectivity index (χ2n) is 5.86. The standard InChI is InChI=1S/C17H16N4O3/c22-15-8-11(9-21(15)10-12-4-3-7-24-12)17(23)18-16-13-5-1-2-6-14(13)19-20-16/h1-7,11H,8-10H2,(H2,18,19,20,23)/t11-/m1/s1. The summed E-state index contributed by atoms with van der Waals surface area (Å²) in [6.07, 6.45) is 1.78. The normalized spacial score (nSPS) is 17.6. The van der Waals surface area contributed by atoms with E-state index in [4.69, 9.17) is 4.42 Å². The fraction of sp³-hybridized carbons (Fsp3) is 0.235. The molecule has 0 radical (unpaired) electrons. The fourth-order valence-corrected chi connectivity index (χ4v) is 2.97. The van der Waals surface area contributed by atoms with Crippen LogP contribution in [0.25, 0.3) is 10.9 Å². The molecule has 4 rings (SSSR count). The van der Waals surface area contributed by atoms with Crippen LogP contribution < -0.4 is 5.32 Å². The first kappa shape index (κ1) is 14.5. The zero-order valence-electron chi connectivity index (χ0n) is 12.9. The summed E-state index contributed by atoms with van der Waals surface area (Å²) >= 11 is 0. The Morgan fingerprint density at radius 1 is 1.33 bits per heavy atom. The number of carbonyl (C=O) groups excluding carboxylic acids is 2. The number of carbonyl (C=O) groups is 2. The molecule has 0 unspecified atom stereocenters. The molecule has 1 saturated heterocycles. The highest BCUT2D eigenvalue weighted by atomic mass is 16.3. The lowest BCUT2D eigenvalue weighted by molar-refractivity contribution is -0.128. The Morgan fingerprint density at radius 3 is 3.04 bits per heavy atom. The number of rotatable bonds is 4. The average Bonchev–Trinajstić information content (AvgIpc) is 3.30. The largest absolute Gasteiger partial charge is 0.467 e. The molecule has 2 N–H and O–H groups in total. The molecule has 3 heterocycles. The molecule has 2 amide bonds. The molecule has 1 aliphatic heterocycles. The van der Waals surface area contributed by atoms with Gasteiger partial charge in [0.15, 0.2) is 5.82 Å². The van der Waals surface area contributed by atoms with Crippen LogP contribution in [0.4, 0.5) is 5.82 Å². The van der Waals surface area contributed by atoms with Gasteiger partial charge in [-0.2, -0.15) is 5.10 Å². The van der Waals surface area contributed by atoms with Crippen LogP contribution in [0.5, 0.6) is 0 Å². The molecule has 0 aliphatic carbocycles. The molecule has 2 aromatic heterocycles. The van der Waals surface area contributed by atoms with Crippen LogP contribution in [0.3, 0.4) is 0 Å². The summed E-state index contributed by atoms with van der Waals surface area (Å²) in [4.78, 5) is 26.2. The van der Waals surface area contributed by atoms with Crippen LogP contribution in [-0.2, 0) is 16.1 Å². The van der Waals surface area contributed by atoms with Crippen LogP contribution in [0.15, 0.2) is 47.1 Å². The number of likely N-dealkylation sites (tertiary alicyclic amines) is 1. The zero-order chi connectivity index (χ0) is 16.5. The topological polar surface area (TPSA) is 91.2 Å². The Hall–Kier alpha value is -3.09. The summed E-state index contributed by atoms with van der Waals surface area (Å²) in [5, 5.41) is 10.7. The van der Waals surface area contributed by atoms with E-state index >= 15 is 0 Å². The summed E-state index contributed by atoms with van der Waals surface area (Å²) in [5.74, 6) is 0.583. The number of nitrogens with one attached hydrogen (secondary N) is 2. The van der Waals surface area contributed by atoms with Gasteiger partial charge < -0.3 is 14.6 Å². The van der Waals surface area contributed by atoms with Crippen molar-refractivity contribution in [3.63, 3.8) is 0 Å². The number of furan rings is 1. The number of hydrogen-bond donors (Lipinski definition) is 2. The number of aromatic amines is 1. The average molecular weight is 324 g/mol. The zero-order valence-corrected chi connectivity index (χ0v) is 12.9. The van der Waals surface area contributed by atoms with Crippen LogP contribution in [0, 0.1) is 5.92 Å². The summed E-state index contributed by atoms with van der Waals surface area (Å²) in [6.45, 7) is 0.772. The minimum Gasteiger partial charge on any atom is -0.467 e. The molecule has 1 fully saturated rings. The van der Waals surface area contributed by atoms with Gasteiger partial charge in [-0.25, -0.2) is 0 Å². The number of anilines is 1. The lowest BCUT2D eigenvalue weighted by Gasteiger charge is -2.14. The molecule has 0 bridgehead atoms. The number of para-hydroxylation sites is 1. The third-order valence-electron chi connectivity index (χ3n) is 4.22. The smallest absolute Gasteiger partial charge is 0.231 e. The number of H-pyrrole nitrogens is 1. The fourth-order valence-electron chi connectivity index (χ4n) is 2.97. The van der Waals surface area contributed by atoms with Crippen LogP contribution in [0.1, 0.15) is 12.2 Å². The lowest BCUT2D eigenvalue weighted by atomic mass is 10.1. The van der Waals surface area contributed by atoms with Gasteiger partial charge in [0.25, 0.3) is 0 Å². The number of hydrogen-bond acceptors (Lipinski definition) is 4. The molecular formula is C17H16N4O3. The maximum Gasteiger partial charge on any atom is 0.231 e. The van der Waals surface area contributed by atoms with Crippen molar-refractivity contribution >= 4 is 28.5 Å². The van der Waals surface area contributed by atoms with E-state index in [1.165, 1.54) is 0 Å². The Labute approximate surface area is 137 Å². The molecule has 3 aromatic rings. The molecule has 1 aromatic carbocycles. The SMILES string of the molecule is O=C(Nc1n[nH]c2ccccc12)[C@@H]1CC(=O)N(Cc2ccco2)C1. The molecule has 0 saturated carbocycles. The van der Waals surface area contributed by atoms with Crippen molar-refractivity contribution in [2.75, 3.05) is 11.9 Å². The van der Waals surface area contributed by atoms with Gasteiger partial charge in [0.2, 0.25) is 11.8 Å². The van der Waals surface area contributed by atoms with Gasteiger partial charge in [-0.05, 0) is 24.3 Å². The summed E-state index contributed by atoms with van der Waals surface area (Å²) < 4.78 is 5.26. The van der Waals surface area contributed by atoms with Crippen molar-refractivity contribution in [1.29, 1.82) is 0 Å². The minimum absolute atomic E-state index is 0.0431. The van der Waals surface area contributed by atoms with Crippen molar-refractivity contribution in [2.24, 2.45) is 5.92 Å². The highest BCUT2D eigenvalue weighted by Gasteiger charge is 2.35. The Bertz CT molecular complexity index is 884. The molecule has 0 spiro atoms. The second kappa shape index (κ2) is 5.84. The third kappa shape index (κ3) is 2.64. The predicted octanol–water partition coefficient (Wildman–Crippen LogP) is 2.14. The first-order valence-corrected chi connectivity index (χ1v) is 7.75. The second-order valence-corrected chi connectivity index (χ2v) is 5.86. The van der Waals surface area contributed by atoms with Gasteiger partial charge in [0.1, 0.15) is 5.76 Å². The van der Waals surface area contributed by atoms with E-state index in [0.717, 1.165) is 10.9 Å². The van der Waals surface area contributed by atoms with Gasteiger partial charge in [-0.15, -0.1) is 0 Å². The summed E-state index contributed by atoms with van der Waals surface area (Å²) in [7, 11) is 0. The summed E-state index contributed by atoms with van der Waals surface area (Å²) in [6, 6.07) is 11.2. The Morgan fingerprint density at radius 2 is 2.21 bits per heavy atom. The van der Waals surface area contributed by atoms with Gasteiger partial charge in [-0.3, -0.25) is 14.7 Å². The van der Waals surface area contributed by atoms with Crippen molar-refractivity contribution in [1.82, 2.24) is 15.1 Å². The first-order valence-electron chi connectivity index (χ1n) is 7.75. The van der Waals surface area contributed by atoms with Crippen LogP contribution in [-0.4, -0.2) is 33.5 Å². The van der Waals surface area contributed by atoms with E-state index in [1.807, 2.05) is 30.3 Å². The molecular weight excluding hydrogens is 308 g/mol. The number of aromatic nitrogens is 2. The Balaban J connectivity index is 1.44. The highest BCUT2D eigenvalue weighted by Crippen LogP contribution is 2.24. The van der Waals surface area contributed by atoms with E-state index < -0.39 is 0 Å². The molecule has 1 aliphatic rings. The Kier molecular flexibility index (Phi) is 3.53. The van der Waals surface area contributed by atoms with E-state index in [9.17, 15) is 9.59 Å². The summed E-state index contributed by atoms with van der Waals surface area (Å²) in [5.41, 5.74) is 0.856. The minimum atomic E-state index is -0.386. The highest BCUT2D eigenvalue weighted by molar-refractivity contribution is 6.02. The quantitative estimate of drug-likeness (QED) is 0.769. The van der Waals surface area contributed by atoms with E-state index in [1.54, 1.807) is 17.2 Å². The first-order chi connectivity index (χ1) is 11.7. The van der Waals surface area contributed by atoms with Crippen molar-refractivity contribution < 1.29 is 14.0 Å². The van der Waals surface area contributed by atoms with Gasteiger partial charge in [0.05, 0.1) is 24.2 Å². The molecule has 122 valence electrons. The van der Waals surface area contributed by atoms with Crippen molar-refractivity contribution in [3.05, 3.63) is 48.4 Å². The number of nitrogens with zero attached hydrogens (tertiary/aromatic N) is 2. The number of amides is 2. The van der Waals surface area contributed by atoms with Crippen LogP contribution in [0.2, 0.25) is 0 Å². The molecule has 1 atom stereocenters. The number of fused-ring (bicyclic) bond motifs is 1. The monoisotopic (exact) mass is 324 g/mol. The van der Waals surface area contributed by atoms with Gasteiger partial charge in [-0.1, -0.05) is 12.1 Å². The van der Waals surface area contributed by atoms with Crippen molar-refractivity contribution in [3.8, 4) is 0 Å². The molecule has 7 nitrogen and oxygen atoms in total.